The van der Waals surface area contributed by atoms with Crippen molar-refractivity contribution in [2.24, 2.45) is 0 Å². The minimum atomic E-state index is -4.19. The second-order valence-electron chi connectivity index (χ2n) is 4.97. The highest BCUT2D eigenvalue weighted by Gasteiger charge is 2.45. The standard InChI is InChI=1S/C10H17NO7S/c1-7(12)16-5-8-6-17-19(14,15)11(8)9(13)18-10(2,3)4/h8H,5-6H2,1-4H3/t8-/m0/s1. The van der Waals surface area contributed by atoms with Crippen LogP contribution in [0.5, 0.6) is 0 Å². The molecule has 110 valence electrons. The minimum Gasteiger partial charge on any atom is -0.464 e. The Morgan fingerprint density at radius 3 is 2.42 bits per heavy atom. The second-order valence-corrected chi connectivity index (χ2v) is 6.46. The molecule has 19 heavy (non-hydrogen) atoms. The zero-order valence-electron chi connectivity index (χ0n) is 11.2. The number of carbonyl (C=O) groups excluding carboxylic acids is 2. The van der Waals surface area contributed by atoms with Gasteiger partial charge in [-0.25, -0.2) is 4.79 Å². The molecule has 8 nitrogen and oxygen atoms in total. The van der Waals surface area contributed by atoms with E-state index in [1.165, 1.54) is 6.92 Å². The lowest BCUT2D eigenvalue weighted by molar-refractivity contribution is -0.142. The summed E-state index contributed by atoms with van der Waals surface area (Å²) in [5, 5.41) is 0. The molecule has 0 unspecified atom stereocenters. The van der Waals surface area contributed by atoms with Crippen molar-refractivity contribution in [1.82, 2.24) is 4.31 Å². The molecular formula is C10H17NO7S. The van der Waals surface area contributed by atoms with Crippen LogP contribution < -0.4 is 0 Å². The number of carbonyl (C=O) groups is 2. The molecule has 9 heteroatoms. The van der Waals surface area contributed by atoms with Crippen molar-refractivity contribution in [3.63, 3.8) is 0 Å². The summed E-state index contributed by atoms with van der Waals surface area (Å²) in [6.45, 7) is 5.46. The summed E-state index contributed by atoms with van der Waals surface area (Å²) in [6.07, 6.45) is -1.05. The van der Waals surface area contributed by atoms with Crippen LogP contribution in [0.2, 0.25) is 0 Å². The van der Waals surface area contributed by atoms with Gasteiger partial charge in [0.1, 0.15) is 18.2 Å². The summed E-state index contributed by atoms with van der Waals surface area (Å²) < 4.78 is 37.9. The van der Waals surface area contributed by atoms with Crippen molar-refractivity contribution in [1.29, 1.82) is 0 Å². The van der Waals surface area contributed by atoms with Gasteiger partial charge < -0.3 is 9.47 Å². The quantitative estimate of drug-likeness (QED) is 0.681. The van der Waals surface area contributed by atoms with E-state index in [-0.39, 0.29) is 13.2 Å². The number of rotatable bonds is 2. The Balaban J connectivity index is 2.84. The molecule has 0 aromatic carbocycles. The predicted molar refractivity (Wildman–Crippen MR) is 63.4 cm³/mol. The van der Waals surface area contributed by atoms with Crippen LogP contribution >= 0.6 is 0 Å². The molecule has 1 rings (SSSR count). The molecule has 0 spiro atoms. The Bertz CT molecular complexity index is 465. The molecule has 1 aliphatic heterocycles. The summed E-state index contributed by atoms with van der Waals surface area (Å²) in [7, 11) is -4.19. The van der Waals surface area contributed by atoms with Crippen LogP contribution in [-0.2, 0) is 28.8 Å². The fraction of sp³-hybridized carbons (Fsp3) is 0.800. The molecule has 0 aromatic rings. The average molecular weight is 295 g/mol. The lowest BCUT2D eigenvalue weighted by atomic mass is 10.2. The van der Waals surface area contributed by atoms with Crippen LogP contribution in [0.3, 0.4) is 0 Å². The smallest absolute Gasteiger partial charge is 0.426 e. The molecule has 1 saturated heterocycles. The molecule has 0 aliphatic carbocycles. The first-order valence-corrected chi connectivity index (χ1v) is 6.94. The average Bonchev–Trinajstić information content (AvgIpc) is 2.47. The third-order valence-electron chi connectivity index (χ3n) is 2.03. The summed E-state index contributed by atoms with van der Waals surface area (Å²) in [5.41, 5.74) is -0.846. The predicted octanol–water partition coefficient (Wildman–Crippen LogP) is 0.430. The first-order valence-electron chi connectivity index (χ1n) is 5.58. The van der Waals surface area contributed by atoms with Gasteiger partial charge in [0.25, 0.3) is 0 Å². The summed E-state index contributed by atoms with van der Waals surface area (Å²) in [6, 6.07) is -0.913. The summed E-state index contributed by atoms with van der Waals surface area (Å²) >= 11 is 0. The maximum Gasteiger partial charge on any atom is 0.426 e. The van der Waals surface area contributed by atoms with E-state index < -0.39 is 34.0 Å². The third-order valence-corrected chi connectivity index (χ3v) is 3.40. The molecule has 0 aromatic heterocycles. The van der Waals surface area contributed by atoms with Crippen LogP contribution in [0.15, 0.2) is 0 Å². The van der Waals surface area contributed by atoms with E-state index in [4.69, 9.17) is 9.47 Å². The molecular weight excluding hydrogens is 278 g/mol. The summed E-state index contributed by atoms with van der Waals surface area (Å²) in [4.78, 5) is 22.6. The molecule has 1 aliphatic rings. The highest BCUT2D eigenvalue weighted by Crippen LogP contribution is 2.22. The van der Waals surface area contributed by atoms with E-state index in [1.54, 1.807) is 20.8 Å². The molecule has 1 heterocycles. The molecule has 0 saturated carbocycles. The molecule has 1 atom stereocenters. The first kappa shape index (κ1) is 15.7. The van der Waals surface area contributed by atoms with Gasteiger partial charge in [0.2, 0.25) is 0 Å². The van der Waals surface area contributed by atoms with Crippen LogP contribution in [0.4, 0.5) is 4.79 Å². The lowest BCUT2D eigenvalue weighted by Gasteiger charge is -2.25. The van der Waals surface area contributed by atoms with Crippen molar-refractivity contribution in [3.8, 4) is 0 Å². The SMILES string of the molecule is CC(=O)OC[C@H]1COS(=O)(=O)N1C(=O)OC(C)(C)C. The van der Waals surface area contributed by atoms with Gasteiger partial charge in [-0.3, -0.25) is 8.98 Å². The highest BCUT2D eigenvalue weighted by atomic mass is 32.2. The van der Waals surface area contributed by atoms with Gasteiger partial charge in [0.15, 0.2) is 0 Å². The van der Waals surface area contributed by atoms with Gasteiger partial charge in [-0.05, 0) is 20.8 Å². The molecule has 0 N–H and O–H groups in total. The summed E-state index contributed by atoms with van der Waals surface area (Å²) in [5.74, 6) is -0.576. The van der Waals surface area contributed by atoms with Crippen molar-refractivity contribution < 1.29 is 31.7 Å². The lowest BCUT2D eigenvalue weighted by Crippen LogP contribution is -2.44. The number of hydrogen-bond acceptors (Lipinski definition) is 7. The third kappa shape index (κ3) is 4.35. The largest absolute Gasteiger partial charge is 0.464 e. The Kier molecular flexibility index (Phi) is 4.41. The van der Waals surface area contributed by atoms with Crippen molar-refractivity contribution in [2.75, 3.05) is 13.2 Å². The number of esters is 1. The Morgan fingerprint density at radius 1 is 1.37 bits per heavy atom. The molecule has 1 fully saturated rings. The Morgan fingerprint density at radius 2 is 1.95 bits per heavy atom. The second kappa shape index (κ2) is 5.33. The van der Waals surface area contributed by atoms with Gasteiger partial charge in [-0.15, -0.1) is 0 Å². The van der Waals surface area contributed by atoms with Crippen molar-refractivity contribution >= 4 is 22.4 Å². The fourth-order valence-corrected chi connectivity index (χ4v) is 2.50. The molecule has 0 radical (unpaired) electrons. The fourth-order valence-electron chi connectivity index (χ4n) is 1.35. The molecule has 1 amide bonds. The molecule has 0 bridgehead atoms. The van der Waals surface area contributed by atoms with E-state index in [0.29, 0.717) is 4.31 Å². The van der Waals surface area contributed by atoms with Crippen LogP contribution in [-0.4, -0.2) is 49.6 Å². The Hall–Kier alpha value is -1.35. The van der Waals surface area contributed by atoms with E-state index in [0.717, 1.165) is 0 Å². The van der Waals surface area contributed by atoms with Gasteiger partial charge in [-0.2, -0.15) is 12.7 Å². The Labute approximate surface area is 111 Å². The zero-order valence-corrected chi connectivity index (χ0v) is 12.0. The van der Waals surface area contributed by atoms with Crippen molar-refractivity contribution in [2.45, 2.75) is 39.3 Å². The van der Waals surface area contributed by atoms with E-state index in [9.17, 15) is 18.0 Å². The maximum absolute atomic E-state index is 11.8. The van der Waals surface area contributed by atoms with Gasteiger partial charge in [0.05, 0.1) is 6.61 Å². The van der Waals surface area contributed by atoms with Crippen LogP contribution in [0, 0.1) is 0 Å². The van der Waals surface area contributed by atoms with Gasteiger partial charge in [0, 0.05) is 6.92 Å². The zero-order chi connectivity index (χ0) is 14.8. The number of nitrogens with zero attached hydrogens (tertiary/aromatic N) is 1. The van der Waals surface area contributed by atoms with Gasteiger partial charge >= 0.3 is 22.4 Å². The van der Waals surface area contributed by atoms with E-state index >= 15 is 0 Å². The topological polar surface area (TPSA) is 99.2 Å². The highest BCUT2D eigenvalue weighted by molar-refractivity contribution is 7.85. The maximum atomic E-state index is 11.8. The van der Waals surface area contributed by atoms with Crippen molar-refractivity contribution in [3.05, 3.63) is 0 Å². The van der Waals surface area contributed by atoms with Crippen LogP contribution in [0.1, 0.15) is 27.7 Å². The number of hydrogen-bond donors (Lipinski definition) is 0. The minimum absolute atomic E-state index is 0.269. The van der Waals surface area contributed by atoms with E-state index in [2.05, 4.69) is 4.18 Å². The van der Waals surface area contributed by atoms with Gasteiger partial charge in [-0.1, -0.05) is 0 Å². The first-order chi connectivity index (χ1) is 8.53. The number of amides is 1. The monoisotopic (exact) mass is 295 g/mol. The van der Waals surface area contributed by atoms with E-state index in [1.807, 2.05) is 0 Å². The normalized spacial score (nSPS) is 22.1. The number of ether oxygens (including phenoxy) is 2. The van der Waals surface area contributed by atoms with Crippen LogP contribution in [0.25, 0.3) is 0 Å².